The molecule has 0 saturated carbocycles. The van der Waals surface area contributed by atoms with Crippen molar-refractivity contribution in [1.29, 1.82) is 0 Å². The van der Waals surface area contributed by atoms with Gasteiger partial charge in [-0.25, -0.2) is 4.39 Å². The van der Waals surface area contributed by atoms with Crippen LogP contribution in [0.15, 0.2) is 53.7 Å². The SMILES string of the molecule is O=C(NC1COC1)c1cnccc1Nc1c[nH]c(=O)c(-c2cc(Cl)ccc2F)c1. The van der Waals surface area contributed by atoms with Crippen LogP contribution in [0, 0.1) is 5.82 Å². The van der Waals surface area contributed by atoms with Gasteiger partial charge in [-0.3, -0.25) is 14.6 Å². The van der Waals surface area contributed by atoms with E-state index in [0.717, 1.165) is 0 Å². The molecule has 4 rings (SSSR count). The van der Waals surface area contributed by atoms with E-state index in [1.807, 2.05) is 0 Å². The van der Waals surface area contributed by atoms with Crippen LogP contribution in [0.3, 0.4) is 0 Å². The third kappa shape index (κ3) is 4.13. The van der Waals surface area contributed by atoms with Crippen LogP contribution < -0.4 is 16.2 Å². The number of hydrogen-bond donors (Lipinski definition) is 3. The number of nitrogens with zero attached hydrogens (tertiary/aromatic N) is 1. The predicted octanol–water partition coefficient (Wildman–Crippen LogP) is 3.10. The van der Waals surface area contributed by atoms with Crippen LogP contribution >= 0.6 is 11.6 Å². The summed E-state index contributed by atoms with van der Waals surface area (Å²) in [5.74, 6) is -0.858. The fraction of sp³-hybridized carbons (Fsp3) is 0.150. The summed E-state index contributed by atoms with van der Waals surface area (Å²) >= 11 is 5.95. The van der Waals surface area contributed by atoms with Crippen LogP contribution in [0.4, 0.5) is 15.8 Å². The van der Waals surface area contributed by atoms with E-state index in [-0.39, 0.29) is 23.1 Å². The number of nitrogens with one attached hydrogen (secondary N) is 3. The van der Waals surface area contributed by atoms with Gasteiger partial charge in [-0.1, -0.05) is 11.6 Å². The van der Waals surface area contributed by atoms with Gasteiger partial charge in [0.2, 0.25) is 0 Å². The Hall–Kier alpha value is -3.23. The molecule has 3 heterocycles. The molecule has 0 bridgehead atoms. The number of anilines is 2. The van der Waals surface area contributed by atoms with Crippen molar-refractivity contribution in [1.82, 2.24) is 15.3 Å². The van der Waals surface area contributed by atoms with Crippen LogP contribution in [0.5, 0.6) is 0 Å². The van der Waals surface area contributed by atoms with Crippen molar-refractivity contribution in [3.8, 4) is 11.1 Å². The van der Waals surface area contributed by atoms with Crippen LogP contribution in [-0.2, 0) is 4.74 Å². The summed E-state index contributed by atoms with van der Waals surface area (Å²) < 4.78 is 19.3. The topological polar surface area (TPSA) is 96.1 Å². The maximum Gasteiger partial charge on any atom is 0.256 e. The van der Waals surface area contributed by atoms with Gasteiger partial charge in [0, 0.05) is 29.2 Å². The van der Waals surface area contributed by atoms with Gasteiger partial charge in [0.05, 0.1) is 41.8 Å². The first-order valence-corrected chi connectivity index (χ1v) is 9.17. The minimum atomic E-state index is -0.566. The van der Waals surface area contributed by atoms with Crippen molar-refractivity contribution in [2.75, 3.05) is 18.5 Å². The number of aromatic nitrogens is 2. The van der Waals surface area contributed by atoms with Gasteiger partial charge in [-0.15, -0.1) is 0 Å². The van der Waals surface area contributed by atoms with Crippen molar-refractivity contribution >= 4 is 28.9 Å². The molecule has 2 aromatic heterocycles. The zero-order valence-electron chi connectivity index (χ0n) is 15.0. The average molecular weight is 415 g/mol. The number of aromatic amines is 1. The minimum Gasteiger partial charge on any atom is -0.377 e. The standard InChI is InChI=1S/C20H16ClFN4O3/c21-11-1-2-17(22)14(5-11)15-6-12(7-24-19(15)27)25-18-3-4-23-8-16(18)20(28)26-13-9-29-10-13/h1-8,13H,9-10H2,(H,23,25)(H,24,27)(H,26,28). The van der Waals surface area contributed by atoms with Gasteiger partial charge >= 0.3 is 0 Å². The Morgan fingerprint density at radius 1 is 1.24 bits per heavy atom. The second kappa shape index (κ2) is 8.02. The number of amides is 1. The van der Waals surface area contributed by atoms with E-state index in [1.165, 1.54) is 42.9 Å². The van der Waals surface area contributed by atoms with Crippen molar-refractivity contribution in [2.45, 2.75) is 6.04 Å². The highest BCUT2D eigenvalue weighted by Crippen LogP contribution is 2.27. The molecular formula is C20H16ClFN4O3. The maximum atomic E-state index is 14.2. The minimum absolute atomic E-state index is 0.0268. The summed E-state index contributed by atoms with van der Waals surface area (Å²) in [6.45, 7) is 0.951. The second-order valence-corrected chi connectivity index (χ2v) is 6.95. The van der Waals surface area contributed by atoms with Gasteiger partial charge in [-0.05, 0) is 30.3 Å². The number of hydrogen-bond acceptors (Lipinski definition) is 5. The summed E-state index contributed by atoms with van der Waals surface area (Å²) in [6, 6.07) is 7.10. The molecule has 1 aromatic carbocycles. The van der Waals surface area contributed by atoms with Crippen LogP contribution in [0.25, 0.3) is 11.1 Å². The maximum absolute atomic E-state index is 14.2. The summed E-state index contributed by atoms with van der Waals surface area (Å²) in [6.07, 6.45) is 4.42. The van der Waals surface area contributed by atoms with Crippen LogP contribution in [0.2, 0.25) is 5.02 Å². The molecule has 0 spiro atoms. The van der Waals surface area contributed by atoms with Crippen molar-refractivity contribution in [3.05, 3.63) is 75.7 Å². The van der Waals surface area contributed by atoms with Gasteiger partial charge in [0.15, 0.2) is 0 Å². The van der Waals surface area contributed by atoms with Gasteiger partial charge in [-0.2, -0.15) is 0 Å². The normalized spacial score (nSPS) is 13.6. The molecule has 9 heteroatoms. The largest absolute Gasteiger partial charge is 0.377 e. The summed E-state index contributed by atoms with van der Waals surface area (Å²) in [5.41, 5.74) is 1.02. The Balaban J connectivity index is 1.65. The Kier molecular flexibility index (Phi) is 5.28. The highest BCUT2D eigenvalue weighted by atomic mass is 35.5. The lowest BCUT2D eigenvalue weighted by molar-refractivity contribution is -0.00345. The quantitative estimate of drug-likeness (QED) is 0.596. The number of carbonyl (C=O) groups is 1. The molecule has 1 saturated heterocycles. The van der Waals surface area contributed by atoms with E-state index in [9.17, 15) is 14.0 Å². The molecule has 148 valence electrons. The first kappa shape index (κ1) is 19.1. The first-order chi connectivity index (χ1) is 14.0. The molecule has 1 fully saturated rings. The zero-order chi connectivity index (χ0) is 20.4. The molecule has 0 aliphatic carbocycles. The van der Waals surface area contributed by atoms with E-state index < -0.39 is 11.4 Å². The van der Waals surface area contributed by atoms with Crippen molar-refractivity contribution in [2.24, 2.45) is 0 Å². The molecular weight excluding hydrogens is 399 g/mol. The molecule has 0 atom stereocenters. The average Bonchev–Trinajstić information content (AvgIpc) is 2.68. The zero-order valence-corrected chi connectivity index (χ0v) is 15.8. The Morgan fingerprint density at radius 2 is 2.07 bits per heavy atom. The molecule has 29 heavy (non-hydrogen) atoms. The first-order valence-electron chi connectivity index (χ1n) is 8.79. The number of halogens is 2. The number of ether oxygens (including phenoxy) is 1. The van der Waals surface area contributed by atoms with Crippen LogP contribution in [-0.4, -0.2) is 35.1 Å². The second-order valence-electron chi connectivity index (χ2n) is 6.51. The smallest absolute Gasteiger partial charge is 0.256 e. The van der Waals surface area contributed by atoms with Gasteiger partial charge in [0.25, 0.3) is 11.5 Å². The molecule has 7 nitrogen and oxygen atoms in total. The molecule has 1 aliphatic heterocycles. The lowest BCUT2D eigenvalue weighted by atomic mass is 10.1. The predicted molar refractivity (Wildman–Crippen MR) is 107 cm³/mol. The van der Waals surface area contributed by atoms with Crippen LogP contribution in [0.1, 0.15) is 10.4 Å². The molecule has 1 amide bonds. The third-order valence-electron chi connectivity index (χ3n) is 4.44. The number of carbonyl (C=O) groups excluding carboxylic acids is 1. The Labute approximate surface area is 169 Å². The monoisotopic (exact) mass is 414 g/mol. The highest BCUT2D eigenvalue weighted by Gasteiger charge is 2.22. The lowest BCUT2D eigenvalue weighted by Gasteiger charge is -2.27. The van der Waals surface area contributed by atoms with E-state index in [0.29, 0.717) is 35.2 Å². The van der Waals surface area contributed by atoms with E-state index >= 15 is 0 Å². The highest BCUT2D eigenvalue weighted by molar-refractivity contribution is 6.30. The van der Waals surface area contributed by atoms with Gasteiger partial charge < -0.3 is 20.4 Å². The number of benzene rings is 1. The summed E-state index contributed by atoms with van der Waals surface area (Å²) in [7, 11) is 0. The van der Waals surface area contributed by atoms with E-state index in [4.69, 9.17) is 16.3 Å². The molecule has 0 unspecified atom stereocenters. The van der Waals surface area contributed by atoms with Gasteiger partial charge in [0.1, 0.15) is 5.82 Å². The van der Waals surface area contributed by atoms with E-state index in [1.54, 1.807) is 6.07 Å². The fourth-order valence-electron chi connectivity index (χ4n) is 2.88. The van der Waals surface area contributed by atoms with Crippen molar-refractivity contribution in [3.63, 3.8) is 0 Å². The summed E-state index contributed by atoms with van der Waals surface area (Å²) in [4.78, 5) is 31.3. The fourth-order valence-corrected chi connectivity index (χ4v) is 3.05. The molecule has 3 aromatic rings. The number of pyridine rings is 2. The van der Waals surface area contributed by atoms with Crippen molar-refractivity contribution < 1.29 is 13.9 Å². The Bertz CT molecular complexity index is 1130. The summed E-state index contributed by atoms with van der Waals surface area (Å²) in [5, 5.41) is 6.24. The third-order valence-corrected chi connectivity index (χ3v) is 4.67. The lowest BCUT2D eigenvalue weighted by Crippen LogP contribution is -2.48. The molecule has 0 radical (unpaired) electrons. The Morgan fingerprint density at radius 3 is 2.83 bits per heavy atom. The molecule has 3 N–H and O–H groups in total. The van der Waals surface area contributed by atoms with E-state index in [2.05, 4.69) is 20.6 Å². The number of H-pyrrole nitrogens is 1. The molecule has 1 aliphatic rings. The number of rotatable bonds is 5.